The van der Waals surface area contributed by atoms with Crippen LogP contribution in [-0.4, -0.2) is 31.8 Å². The summed E-state index contributed by atoms with van der Waals surface area (Å²) in [5.74, 6) is -0.665. The molecule has 2 aromatic heterocycles. The van der Waals surface area contributed by atoms with E-state index in [4.69, 9.17) is 0 Å². The van der Waals surface area contributed by atoms with Gasteiger partial charge in [0.2, 0.25) is 11.8 Å². The predicted molar refractivity (Wildman–Crippen MR) is 127 cm³/mol. The zero-order valence-electron chi connectivity index (χ0n) is 18.9. The Morgan fingerprint density at radius 1 is 0.794 bits per heavy atom. The van der Waals surface area contributed by atoms with Crippen LogP contribution in [0.1, 0.15) is 33.4 Å². The van der Waals surface area contributed by atoms with E-state index in [0.717, 1.165) is 9.13 Å². The summed E-state index contributed by atoms with van der Waals surface area (Å²) >= 11 is 0. The highest BCUT2D eigenvalue weighted by Crippen LogP contribution is 2.29. The first-order chi connectivity index (χ1) is 16.1. The van der Waals surface area contributed by atoms with E-state index in [9.17, 15) is 30.3 Å². The van der Waals surface area contributed by atoms with Gasteiger partial charge in [-0.3, -0.25) is 28.7 Å². The van der Waals surface area contributed by atoms with E-state index in [2.05, 4.69) is 9.98 Å². The zero-order valence-corrected chi connectivity index (χ0v) is 18.9. The van der Waals surface area contributed by atoms with Gasteiger partial charge in [-0.05, 0) is 37.1 Å². The van der Waals surface area contributed by atoms with Crippen LogP contribution in [0.5, 0.6) is 11.8 Å². The Bertz CT molecular complexity index is 1460. The van der Waals surface area contributed by atoms with Crippen molar-refractivity contribution in [2.24, 2.45) is 24.1 Å². The molecule has 1 aromatic carbocycles. The van der Waals surface area contributed by atoms with Gasteiger partial charge in [0.15, 0.2) is 0 Å². The van der Waals surface area contributed by atoms with Crippen LogP contribution in [0.3, 0.4) is 0 Å². The van der Waals surface area contributed by atoms with Gasteiger partial charge >= 0.3 is 0 Å². The topological polar surface area (TPSA) is 157 Å². The predicted octanol–water partition coefficient (Wildman–Crippen LogP) is 2.36. The first kappa shape index (κ1) is 23.7. The van der Waals surface area contributed by atoms with Gasteiger partial charge in [-0.2, -0.15) is 10.5 Å². The monoisotopic (exact) mass is 456 g/mol. The van der Waals surface area contributed by atoms with Crippen LogP contribution in [0.4, 0.5) is 11.4 Å². The fourth-order valence-electron chi connectivity index (χ4n) is 3.34. The molecule has 0 saturated carbocycles. The molecular weight excluding hydrogens is 436 g/mol. The summed E-state index contributed by atoms with van der Waals surface area (Å²) in [6, 6.07) is 10.5. The van der Waals surface area contributed by atoms with Gasteiger partial charge in [0.05, 0.1) is 22.5 Å². The normalized spacial score (nSPS) is 11.1. The van der Waals surface area contributed by atoms with Crippen molar-refractivity contribution in [1.82, 2.24) is 9.13 Å². The molecule has 0 spiro atoms. The van der Waals surface area contributed by atoms with Crippen LogP contribution in [0, 0.1) is 36.5 Å². The second-order valence-electron chi connectivity index (χ2n) is 7.43. The quantitative estimate of drug-likeness (QED) is 0.574. The van der Waals surface area contributed by atoms with E-state index in [1.807, 2.05) is 12.1 Å². The highest BCUT2D eigenvalue weighted by atomic mass is 16.3. The van der Waals surface area contributed by atoms with Gasteiger partial charge in [-0.25, -0.2) is 0 Å². The number of nitriles is 2. The second kappa shape index (κ2) is 9.27. The lowest BCUT2D eigenvalue weighted by atomic mass is 10.1. The van der Waals surface area contributed by atoms with Crippen molar-refractivity contribution < 1.29 is 10.2 Å². The number of aromatic hydroxyl groups is 2. The Morgan fingerprint density at radius 3 is 1.47 bits per heavy atom. The number of aliphatic imine (C=N–C) groups is 2. The molecule has 2 heterocycles. The van der Waals surface area contributed by atoms with Crippen molar-refractivity contribution in [3.8, 4) is 23.9 Å². The Balaban J connectivity index is 2.10. The molecular formula is C24H20N6O4. The average molecular weight is 456 g/mol. The molecule has 3 aromatic rings. The number of hydrogen-bond acceptors (Lipinski definition) is 8. The highest BCUT2D eigenvalue weighted by Gasteiger charge is 2.17. The second-order valence-corrected chi connectivity index (χ2v) is 7.43. The molecule has 0 saturated heterocycles. The number of hydrogen-bond donors (Lipinski definition) is 2. The molecule has 0 amide bonds. The van der Waals surface area contributed by atoms with E-state index in [0.29, 0.717) is 22.5 Å². The lowest BCUT2D eigenvalue weighted by Crippen LogP contribution is -2.22. The third kappa shape index (κ3) is 3.96. The summed E-state index contributed by atoms with van der Waals surface area (Å²) < 4.78 is 1.93. The smallest absolute Gasteiger partial charge is 0.271 e. The Hall–Kier alpha value is -4.96. The number of para-hydroxylation sites is 2. The molecule has 10 nitrogen and oxygen atoms in total. The lowest BCUT2D eigenvalue weighted by Gasteiger charge is -2.10. The maximum absolute atomic E-state index is 12.1. The summed E-state index contributed by atoms with van der Waals surface area (Å²) in [5, 5.41) is 39.4. The van der Waals surface area contributed by atoms with Gasteiger partial charge in [0.1, 0.15) is 23.3 Å². The maximum atomic E-state index is 12.1. The van der Waals surface area contributed by atoms with E-state index in [1.165, 1.54) is 26.5 Å². The summed E-state index contributed by atoms with van der Waals surface area (Å²) in [6.07, 6.45) is 2.67. The molecule has 0 unspecified atom stereocenters. The van der Waals surface area contributed by atoms with E-state index in [-0.39, 0.29) is 34.0 Å². The standard InChI is InChI=1S/C24H20N6O4/c1-13-15(9-25)21(31)29(3)23(33)17(13)11-27-19-7-5-6-8-20(19)28-12-18-14(2)16(10-26)22(32)30(4)24(18)34/h5-8,11-12,33-34H,1-4H3. The first-order valence-electron chi connectivity index (χ1n) is 9.96. The minimum atomic E-state index is -0.608. The van der Waals surface area contributed by atoms with Crippen LogP contribution in [0.15, 0.2) is 43.8 Å². The summed E-state index contributed by atoms with van der Waals surface area (Å²) in [6.45, 7) is 3.09. The fourth-order valence-corrected chi connectivity index (χ4v) is 3.34. The van der Waals surface area contributed by atoms with Crippen molar-refractivity contribution in [3.63, 3.8) is 0 Å². The Morgan fingerprint density at radius 2 is 1.15 bits per heavy atom. The number of aromatic nitrogens is 2. The van der Waals surface area contributed by atoms with Crippen LogP contribution in [-0.2, 0) is 14.1 Å². The third-order valence-corrected chi connectivity index (χ3v) is 5.48. The van der Waals surface area contributed by atoms with E-state index in [1.54, 1.807) is 38.1 Å². The molecule has 10 heteroatoms. The van der Waals surface area contributed by atoms with E-state index >= 15 is 0 Å². The van der Waals surface area contributed by atoms with Crippen molar-refractivity contribution in [1.29, 1.82) is 10.5 Å². The molecule has 0 aliphatic carbocycles. The van der Waals surface area contributed by atoms with Gasteiger partial charge in [0.25, 0.3) is 11.1 Å². The molecule has 0 fully saturated rings. The average Bonchev–Trinajstić information content (AvgIpc) is 2.82. The maximum Gasteiger partial charge on any atom is 0.271 e. The Kier molecular flexibility index (Phi) is 6.46. The van der Waals surface area contributed by atoms with Gasteiger partial charge < -0.3 is 10.2 Å². The summed E-state index contributed by atoms with van der Waals surface area (Å²) in [4.78, 5) is 33.0. The van der Waals surface area contributed by atoms with Crippen molar-refractivity contribution in [2.45, 2.75) is 13.8 Å². The largest absolute Gasteiger partial charge is 0.494 e. The van der Waals surface area contributed by atoms with E-state index < -0.39 is 11.1 Å². The fraction of sp³-hybridized carbons (Fsp3) is 0.167. The van der Waals surface area contributed by atoms with Crippen LogP contribution < -0.4 is 11.1 Å². The highest BCUT2D eigenvalue weighted by molar-refractivity contribution is 5.91. The van der Waals surface area contributed by atoms with Gasteiger partial charge in [0, 0.05) is 26.5 Å². The lowest BCUT2D eigenvalue weighted by molar-refractivity contribution is 0.421. The van der Waals surface area contributed by atoms with Crippen molar-refractivity contribution in [3.05, 3.63) is 78.4 Å². The molecule has 0 radical (unpaired) electrons. The summed E-state index contributed by atoms with van der Waals surface area (Å²) in [7, 11) is 2.70. The zero-order chi connectivity index (χ0) is 25.2. The molecule has 0 bridgehead atoms. The molecule has 0 aliphatic rings. The molecule has 0 atom stereocenters. The van der Waals surface area contributed by atoms with Gasteiger partial charge in [-0.1, -0.05) is 12.1 Å². The SMILES string of the molecule is Cc1c(C=Nc2ccccc2N=Cc2c(C)c(C#N)c(=O)n(C)c2O)c(O)n(C)c(=O)c1C#N. The van der Waals surface area contributed by atoms with Crippen LogP contribution in [0.25, 0.3) is 0 Å². The third-order valence-electron chi connectivity index (χ3n) is 5.48. The van der Waals surface area contributed by atoms with Crippen molar-refractivity contribution >= 4 is 23.8 Å². The number of rotatable bonds is 4. The molecule has 2 N–H and O–H groups in total. The molecule has 3 rings (SSSR count). The number of pyridine rings is 2. The van der Waals surface area contributed by atoms with Crippen LogP contribution in [0.2, 0.25) is 0 Å². The minimum Gasteiger partial charge on any atom is -0.494 e. The summed E-state index contributed by atoms with van der Waals surface area (Å²) in [5.41, 5.74) is 0.395. The molecule has 0 aliphatic heterocycles. The Labute approximate surface area is 194 Å². The number of benzene rings is 1. The van der Waals surface area contributed by atoms with Crippen molar-refractivity contribution in [2.75, 3.05) is 0 Å². The minimum absolute atomic E-state index is 0.0954. The van der Waals surface area contributed by atoms with Crippen LogP contribution >= 0.6 is 0 Å². The number of nitrogens with zero attached hydrogens (tertiary/aromatic N) is 6. The molecule has 34 heavy (non-hydrogen) atoms. The molecule has 170 valence electrons. The first-order valence-corrected chi connectivity index (χ1v) is 9.96. The van der Waals surface area contributed by atoms with Gasteiger partial charge in [-0.15, -0.1) is 0 Å².